The van der Waals surface area contributed by atoms with Gasteiger partial charge in [0.05, 0.1) is 6.61 Å². The van der Waals surface area contributed by atoms with Crippen molar-refractivity contribution in [3.8, 4) is 0 Å². The lowest BCUT2D eigenvalue weighted by molar-refractivity contribution is -0.135. The van der Waals surface area contributed by atoms with Crippen LogP contribution in [-0.4, -0.2) is 28.5 Å². The third-order valence-electron chi connectivity index (χ3n) is 5.23. The van der Waals surface area contributed by atoms with Crippen molar-refractivity contribution in [1.82, 2.24) is 4.98 Å². The lowest BCUT2D eigenvalue weighted by Crippen LogP contribution is -2.38. The van der Waals surface area contributed by atoms with Crippen LogP contribution in [0.25, 0.3) is 0 Å². The summed E-state index contributed by atoms with van der Waals surface area (Å²) in [4.78, 5) is 16.7. The number of esters is 1. The molecule has 0 bridgehead atoms. The maximum absolute atomic E-state index is 12.2. The Morgan fingerprint density at radius 3 is 1.85 bits per heavy atom. The average Bonchev–Trinajstić information content (AvgIpc) is 3.33. The van der Waals surface area contributed by atoms with Crippen LogP contribution in [-0.2, 0) is 15.1 Å². The highest BCUT2D eigenvalue weighted by Gasteiger charge is 2.37. The third-order valence-corrected chi connectivity index (χ3v) is 5.99. The maximum Gasteiger partial charge on any atom is 0.362 e. The van der Waals surface area contributed by atoms with E-state index >= 15 is 0 Å². The second-order valence-electron chi connectivity index (χ2n) is 7.18. The first-order valence-corrected chi connectivity index (χ1v) is 11.4. The summed E-state index contributed by atoms with van der Waals surface area (Å²) >= 11 is 1.32. The molecule has 0 unspecified atom stereocenters. The van der Waals surface area contributed by atoms with Gasteiger partial charge in [-0.15, -0.1) is 11.3 Å². The summed E-state index contributed by atoms with van der Waals surface area (Å²) in [5.41, 5.74) is 2.35. The number of hydrogen-bond acceptors (Lipinski definition) is 7. The van der Waals surface area contributed by atoms with Gasteiger partial charge in [-0.05, 0) is 23.6 Å². The smallest absolute Gasteiger partial charge is 0.362 e. The van der Waals surface area contributed by atoms with E-state index in [1.54, 1.807) is 12.3 Å². The Morgan fingerprint density at radius 1 is 0.939 bits per heavy atom. The highest BCUT2D eigenvalue weighted by atomic mass is 32.1. The molecular weight excluding hydrogens is 434 g/mol. The molecular formula is C26H23N3O3S. The summed E-state index contributed by atoms with van der Waals surface area (Å²) in [6, 6.07) is 30.4. The minimum absolute atomic E-state index is 0.173. The van der Waals surface area contributed by atoms with Gasteiger partial charge in [0, 0.05) is 5.38 Å². The number of benzene rings is 3. The van der Waals surface area contributed by atoms with Crippen molar-refractivity contribution in [2.75, 3.05) is 11.9 Å². The van der Waals surface area contributed by atoms with Gasteiger partial charge >= 0.3 is 5.97 Å². The van der Waals surface area contributed by atoms with E-state index in [0.29, 0.717) is 5.13 Å². The van der Waals surface area contributed by atoms with Crippen LogP contribution in [0.4, 0.5) is 5.13 Å². The van der Waals surface area contributed by atoms with Crippen LogP contribution in [0.15, 0.2) is 102 Å². The standard InChI is InChI=1S/C26H23N3O3S/c1-2-32-24(30)23(29-31)22-18-33-25(27-22)28-26(19-12-6-3-7-13-19,20-14-8-4-9-15-20)21-16-10-5-11-17-21/h3-18,31H,2H2,1H3,(H,27,28)/b29-23+. The van der Waals surface area contributed by atoms with Gasteiger partial charge in [0.25, 0.3) is 0 Å². The van der Waals surface area contributed by atoms with E-state index in [1.165, 1.54) is 11.3 Å². The number of anilines is 1. The Kier molecular flexibility index (Phi) is 6.80. The van der Waals surface area contributed by atoms with Gasteiger partial charge in [0.15, 0.2) is 5.13 Å². The van der Waals surface area contributed by atoms with Crippen LogP contribution in [0.1, 0.15) is 29.3 Å². The second kappa shape index (κ2) is 10.1. The molecule has 7 heteroatoms. The van der Waals surface area contributed by atoms with Crippen molar-refractivity contribution in [2.45, 2.75) is 12.5 Å². The molecule has 0 atom stereocenters. The first-order chi connectivity index (χ1) is 16.2. The molecule has 0 aliphatic heterocycles. The molecule has 0 fully saturated rings. The van der Waals surface area contributed by atoms with Gasteiger partial charge in [-0.3, -0.25) is 0 Å². The largest absolute Gasteiger partial charge is 0.461 e. The topological polar surface area (TPSA) is 83.8 Å². The molecule has 4 rings (SSSR count). The number of rotatable bonds is 8. The third kappa shape index (κ3) is 4.49. The molecule has 1 aromatic heterocycles. The lowest BCUT2D eigenvalue weighted by Gasteiger charge is -2.36. The van der Waals surface area contributed by atoms with E-state index in [1.807, 2.05) is 54.6 Å². The summed E-state index contributed by atoms with van der Waals surface area (Å²) in [6.07, 6.45) is 0. The number of oxime groups is 1. The fourth-order valence-electron chi connectivity index (χ4n) is 3.78. The van der Waals surface area contributed by atoms with Crippen molar-refractivity contribution in [3.63, 3.8) is 0 Å². The molecule has 0 aliphatic carbocycles. The van der Waals surface area contributed by atoms with E-state index < -0.39 is 11.5 Å². The molecule has 0 amide bonds. The molecule has 0 spiro atoms. The molecule has 0 saturated carbocycles. The number of aromatic nitrogens is 1. The van der Waals surface area contributed by atoms with Gasteiger partial charge in [0.1, 0.15) is 11.2 Å². The summed E-state index contributed by atoms with van der Waals surface area (Å²) in [7, 11) is 0. The summed E-state index contributed by atoms with van der Waals surface area (Å²) in [5, 5.41) is 18.4. The van der Waals surface area contributed by atoms with Crippen LogP contribution in [0.5, 0.6) is 0 Å². The van der Waals surface area contributed by atoms with Gasteiger partial charge < -0.3 is 15.3 Å². The van der Waals surface area contributed by atoms with E-state index in [0.717, 1.165) is 16.7 Å². The first-order valence-electron chi connectivity index (χ1n) is 10.5. The Labute approximate surface area is 196 Å². The van der Waals surface area contributed by atoms with Crippen molar-refractivity contribution in [3.05, 3.63) is 119 Å². The van der Waals surface area contributed by atoms with E-state index in [2.05, 4.69) is 51.9 Å². The highest BCUT2D eigenvalue weighted by Crippen LogP contribution is 2.40. The quantitative estimate of drug-likeness (QED) is 0.124. The minimum atomic E-state index is -0.751. The summed E-state index contributed by atoms with van der Waals surface area (Å²) in [5.74, 6) is -0.725. The van der Waals surface area contributed by atoms with Crippen LogP contribution >= 0.6 is 11.3 Å². The summed E-state index contributed by atoms with van der Waals surface area (Å²) in [6.45, 7) is 1.86. The van der Waals surface area contributed by atoms with Crippen molar-refractivity contribution >= 4 is 28.1 Å². The zero-order valence-electron chi connectivity index (χ0n) is 18.0. The van der Waals surface area contributed by atoms with E-state index in [-0.39, 0.29) is 18.0 Å². The molecule has 2 N–H and O–H groups in total. The molecule has 166 valence electrons. The minimum Gasteiger partial charge on any atom is -0.461 e. The number of ether oxygens (including phenoxy) is 1. The van der Waals surface area contributed by atoms with Crippen molar-refractivity contribution in [2.24, 2.45) is 5.16 Å². The van der Waals surface area contributed by atoms with Crippen molar-refractivity contribution in [1.29, 1.82) is 0 Å². The maximum atomic E-state index is 12.2. The van der Waals surface area contributed by atoms with Gasteiger partial charge in [-0.1, -0.05) is 96.2 Å². The van der Waals surface area contributed by atoms with Gasteiger partial charge in [0.2, 0.25) is 5.71 Å². The van der Waals surface area contributed by atoms with Crippen LogP contribution in [0, 0.1) is 0 Å². The number of carbonyl (C=O) groups excluding carboxylic acids is 1. The monoisotopic (exact) mass is 457 g/mol. The molecule has 1 heterocycles. The van der Waals surface area contributed by atoms with Crippen LogP contribution in [0.3, 0.4) is 0 Å². The average molecular weight is 458 g/mol. The van der Waals surface area contributed by atoms with Crippen LogP contribution < -0.4 is 5.32 Å². The highest BCUT2D eigenvalue weighted by molar-refractivity contribution is 7.14. The summed E-state index contributed by atoms with van der Waals surface area (Å²) < 4.78 is 4.98. The number of nitrogens with one attached hydrogen (secondary N) is 1. The molecule has 3 aromatic carbocycles. The molecule has 0 saturated heterocycles. The predicted octanol–water partition coefficient (Wildman–Crippen LogP) is 5.29. The Morgan fingerprint density at radius 2 is 1.42 bits per heavy atom. The van der Waals surface area contributed by atoms with Crippen molar-refractivity contribution < 1.29 is 14.7 Å². The zero-order chi connectivity index (χ0) is 23.1. The van der Waals surface area contributed by atoms with E-state index in [4.69, 9.17) is 4.74 Å². The number of thiazole rings is 1. The fraction of sp³-hybridized carbons (Fsp3) is 0.115. The van der Waals surface area contributed by atoms with Crippen LogP contribution in [0.2, 0.25) is 0 Å². The molecule has 6 nitrogen and oxygen atoms in total. The normalized spacial score (nSPS) is 11.7. The Balaban J connectivity index is 1.86. The molecule has 0 aliphatic rings. The number of carbonyl (C=O) groups is 1. The molecule has 4 aromatic rings. The number of hydrogen-bond donors (Lipinski definition) is 2. The van der Waals surface area contributed by atoms with Gasteiger partial charge in [-0.25, -0.2) is 9.78 Å². The first kappa shape index (κ1) is 22.2. The second-order valence-corrected chi connectivity index (χ2v) is 8.04. The Bertz CT molecular complexity index is 1130. The predicted molar refractivity (Wildman–Crippen MR) is 130 cm³/mol. The fourth-order valence-corrected chi connectivity index (χ4v) is 4.53. The zero-order valence-corrected chi connectivity index (χ0v) is 18.8. The number of nitrogens with zero attached hydrogens (tertiary/aromatic N) is 2. The molecule has 33 heavy (non-hydrogen) atoms. The van der Waals surface area contributed by atoms with E-state index in [9.17, 15) is 10.0 Å². The Hall–Kier alpha value is -3.97. The SMILES string of the molecule is CCOC(=O)/C(=N/O)c1csc(NC(c2ccccc2)(c2ccccc2)c2ccccc2)n1. The lowest BCUT2D eigenvalue weighted by atomic mass is 9.77. The van der Waals surface area contributed by atoms with Gasteiger partial charge in [-0.2, -0.15) is 0 Å². The molecule has 0 radical (unpaired) electrons.